The molecule has 0 spiro atoms. The maximum absolute atomic E-state index is 11.1. The molecular weight excluding hydrogens is 301 g/mol. The average Bonchev–Trinajstić information content (AvgIpc) is 2.41. The van der Waals surface area contributed by atoms with Gasteiger partial charge in [0, 0.05) is 0 Å². The van der Waals surface area contributed by atoms with Gasteiger partial charge >= 0.3 is 123 Å². The molecule has 2 nitrogen and oxygen atoms in total. The summed E-state index contributed by atoms with van der Waals surface area (Å²) in [5.74, 6) is 0.0856. The number of nitrogens with one attached hydrogen (secondary N) is 1. The summed E-state index contributed by atoms with van der Waals surface area (Å²) in [6.07, 6.45) is 6.44. The second-order valence-electron chi connectivity index (χ2n) is 4.84. The zero-order valence-electron chi connectivity index (χ0n) is 12.0. The van der Waals surface area contributed by atoms with Crippen molar-refractivity contribution < 1.29 is 4.79 Å². The fraction of sp³-hybridized carbons (Fsp3) is 0.562. The van der Waals surface area contributed by atoms with Crippen molar-refractivity contribution in [1.29, 1.82) is 0 Å². The van der Waals surface area contributed by atoms with Gasteiger partial charge in [0.05, 0.1) is 0 Å². The van der Waals surface area contributed by atoms with E-state index in [2.05, 4.69) is 42.6 Å². The Kier molecular flexibility index (Phi) is 8.60. The molecule has 1 unspecified atom stereocenters. The summed E-state index contributed by atoms with van der Waals surface area (Å²) in [6.45, 7) is 4.67. The average molecular weight is 326 g/mol. The van der Waals surface area contributed by atoms with Crippen LogP contribution in [0.2, 0.25) is 4.82 Å². The molecule has 106 valence electrons. The fourth-order valence-electron chi connectivity index (χ4n) is 1.95. The molecule has 1 aromatic carbocycles. The Labute approximate surface area is 123 Å². The SMILES string of the molecule is CCCCCCC(CNC(C)=O)[Se]c1ccccc1. The summed E-state index contributed by atoms with van der Waals surface area (Å²) in [5.41, 5.74) is 0. The van der Waals surface area contributed by atoms with Crippen LogP contribution in [0, 0.1) is 0 Å². The number of hydrogen-bond donors (Lipinski definition) is 1. The van der Waals surface area contributed by atoms with E-state index in [0.717, 1.165) is 6.54 Å². The zero-order valence-corrected chi connectivity index (χ0v) is 13.7. The Morgan fingerprint density at radius 2 is 1.95 bits per heavy atom. The third-order valence-corrected chi connectivity index (χ3v) is 5.69. The number of carbonyl (C=O) groups is 1. The first-order valence-corrected chi connectivity index (χ1v) is 9.03. The number of hydrogen-bond acceptors (Lipinski definition) is 1. The molecule has 0 bridgehead atoms. The normalized spacial score (nSPS) is 12.1. The van der Waals surface area contributed by atoms with Gasteiger partial charge in [-0.3, -0.25) is 0 Å². The molecule has 1 aromatic rings. The first-order chi connectivity index (χ1) is 9.22. The molecular formula is C16H25NOSe. The van der Waals surface area contributed by atoms with E-state index in [9.17, 15) is 4.79 Å². The van der Waals surface area contributed by atoms with Crippen LogP contribution in [0.3, 0.4) is 0 Å². The van der Waals surface area contributed by atoms with Gasteiger partial charge in [0.25, 0.3) is 0 Å². The Morgan fingerprint density at radius 3 is 2.58 bits per heavy atom. The number of rotatable bonds is 9. The second-order valence-corrected chi connectivity index (χ2v) is 7.72. The van der Waals surface area contributed by atoms with Crippen molar-refractivity contribution in [3.63, 3.8) is 0 Å². The number of benzene rings is 1. The van der Waals surface area contributed by atoms with Crippen molar-refractivity contribution in [2.45, 2.75) is 50.8 Å². The van der Waals surface area contributed by atoms with Crippen molar-refractivity contribution in [2.75, 3.05) is 6.54 Å². The molecule has 0 radical (unpaired) electrons. The molecule has 0 aliphatic rings. The summed E-state index contributed by atoms with van der Waals surface area (Å²) in [5, 5.41) is 2.98. The van der Waals surface area contributed by atoms with Crippen LogP contribution in [0.1, 0.15) is 46.0 Å². The van der Waals surface area contributed by atoms with E-state index in [1.807, 2.05) is 0 Å². The van der Waals surface area contributed by atoms with Crippen LogP contribution in [-0.2, 0) is 4.79 Å². The minimum atomic E-state index is 0.0856. The quantitative estimate of drug-likeness (QED) is 0.549. The third-order valence-electron chi connectivity index (χ3n) is 3.00. The Morgan fingerprint density at radius 1 is 1.21 bits per heavy atom. The van der Waals surface area contributed by atoms with Gasteiger partial charge in [0.15, 0.2) is 0 Å². The number of amides is 1. The minimum absolute atomic E-state index is 0.0856. The van der Waals surface area contributed by atoms with Crippen LogP contribution >= 0.6 is 0 Å². The predicted molar refractivity (Wildman–Crippen MR) is 83.0 cm³/mol. The summed E-state index contributed by atoms with van der Waals surface area (Å²) in [6, 6.07) is 10.7. The van der Waals surface area contributed by atoms with Crippen molar-refractivity contribution in [1.82, 2.24) is 5.32 Å². The second kappa shape index (κ2) is 10.1. The Balaban J connectivity index is 2.41. The van der Waals surface area contributed by atoms with Crippen LogP contribution in [0.15, 0.2) is 30.3 Å². The monoisotopic (exact) mass is 327 g/mol. The summed E-state index contributed by atoms with van der Waals surface area (Å²) in [4.78, 5) is 11.7. The first-order valence-electron chi connectivity index (χ1n) is 7.18. The Hall–Kier alpha value is -0.791. The van der Waals surface area contributed by atoms with Gasteiger partial charge in [-0.15, -0.1) is 0 Å². The van der Waals surface area contributed by atoms with Crippen LogP contribution < -0.4 is 9.78 Å². The van der Waals surface area contributed by atoms with Gasteiger partial charge in [-0.1, -0.05) is 0 Å². The summed E-state index contributed by atoms with van der Waals surface area (Å²) >= 11 is 0.454. The molecule has 3 heteroatoms. The van der Waals surface area contributed by atoms with Crippen molar-refractivity contribution in [3.8, 4) is 0 Å². The van der Waals surface area contributed by atoms with E-state index < -0.39 is 0 Å². The molecule has 0 fully saturated rings. The molecule has 0 heterocycles. The summed E-state index contributed by atoms with van der Waals surface area (Å²) in [7, 11) is 0. The van der Waals surface area contributed by atoms with E-state index in [-0.39, 0.29) is 5.91 Å². The summed E-state index contributed by atoms with van der Waals surface area (Å²) < 4.78 is 1.43. The fourth-order valence-corrected chi connectivity index (χ4v) is 4.36. The molecule has 19 heavy (non-hydrogen) atoms. The molecule has 1 rings (SSSR count). The molecule has 0 aliphatic heterocycles. The van der Waals surface area contributed by atoms with E-state index in [4.69, 9.17) is 0 Å². The standard InChI is InChI=1S/C16H25NOSe/c1-3-4-5-7-12-16(13-17-14(2)18)19-15-10-8-6-9-11-15/h6,8-11,16H,3-5,7,12-13H2,1-2H3,(H,17,18). The van der Waals surface area contributed by atoms with Gasteiger partial charge in [0.2, 0.25) is 0 Å². The van der Waals surface area contributed by atoms with E-state index in [1.54, 1.807) is 6.92 Å². The topological polar surface area (TPSA) is 29.1 Å². The van der Waals surface area contributed by atoms with Crippen LogP contribution in [0.4, 0.5) is 0 Å². The van der Waals surface area contributed by atoms with Crippen molar-refractivity contribution in [3.05, 3.63) is 30.3 Å². The van der Waals surface area contributed by atoms with Gasteiger partial charge in [-0.2, -0.15) is 0 Å². The Bertz CT molecular complexity index is 353. The molecule has 0 aromatic heterocycles. The van der Waals surface area contributed by atoms with Crippen molar-refractivity contribution >= 4 is 25.3 Å². The van der Waals surface area contributed by atoms with Crippen LogP contribution in [-0.4, -0.2) is 27.4 Å². The maximum atomic E-state index is 11.1. The third kappa shape index (κ3) is 8.07. The molecule has 0 aliphatic carbocycles. The molecule has 1 amide bonds. The van der Waals surface area contributed by atoms with Crippen LogP contribution in [0.5, 0.6) is 0 Å². The van der Waals surface area contributed by atoms with Gasteiger partial charge in [-0.05, 0) is 0 Å². The van der Waals surface area contributed by atoms with Crippen molar-refractivity contribution in [2.24, 2.45) is 0 Å². The molecule has 1 atom stereocenters. The van der Waals surface area contributed by atoms with E-state index >= 15 is 0 Å². The van der Waals surface area contributed by atoms with Gasteiger partial charge in [0.1, 0.15) is 0 Å². The molecule has 0 saturated heterocycles. The van der Waals surface area contributed by atoms with Gasteiger partial charge < -0.3 is 0 Å². The van der Waals surface area contributed by atoms with Crippen LogP contribution in [0.25, 0.3) is 0 Å². The van der Waals surface area contributed by atoms with E-state index in [0.29, 0.717) is 19.8 Å². The molecule has 0 saturated carbocycles. The zero-order chi connectivity index (χ0) is 13.9. The van der Waals surface area contributed by atoms with E-state index in [1.165, 1.54) is 36.6 Å². The number of unbranched alkanes of at least 4 members (excludes halogenated alkanes) is 3. The predicted octanol–water partition coefficient (Wildman–Crippen LogP) is 2.91. The first kappa shape index (κ1) is 16.3. The number of carbonyl (C=O) groups excluding carboxylic acids is 1. The van der Waals surface area contributed by atoms with Gasteiger partial charge in [-0.25, -0.2) is 0 Å². The molecule has 1 N–H and O–H groups in total.